The molecule has 0 saturated carbocycles. The number of carbonyl (C=O) groups excluding carboxylic acids is 1. The van der Waals surface area contributed by atoms with Crippen molar-refractivity contribution in [3.63, 3.8) is 0 Å². The SMILES string of the molecule is COC(=O)CN(C)C(C)c1ccccc1. The van der Waals surface area contributed by atoms with Crippen LogP contribution in [0.4, 0.5) is 0 Å². The molecule has 1 rings (SSSR count). The van der Waals surface area contributed by atoms with Gasteiger partial charge in [0.2, 0.25) is 0 Å². The van der Waals surface area contributed by atoms with Crippen LogP contribution in [0, 0.1) is 0 Å². The van der Waals surface area contributed by atoms with Crippen molar-refractivity contribution in [3.8, 4) is 0 Å². The minimum Gasteiger partial charge on any atom is -0.468 e. The quantitative estimate of drug-likeness (QED) is 0.706. The van der Waals surface area contributed by atoms with Crippen LogP contribution in [0.25, 0.3) is 0 Å². The standard InChI is InChI=1S/C12H17NO2/c1-10(11-7-5-4-6-8-11)13(2)9-12(14)15-3/h4-8,10H,9H2,1-3H3. The van der Waals surface area contributed by atoms with Gasteiger partial charge in [-0.1, -0.05) is 30.3 Å². The summed E-state index contributed by atoms with van der Waals surface area (Å²) >= 11 is 0. The van der Waals surface area contributed by atoms with E-state index in [0.29, 0.717) is 6.54 Å². The van der Waals surface area contributed by atoms with E-state index in [9.17, 15) is 4.79 Å². The van der Waals surface area contributed by atoms with Gasteiger partial charge >= 0.3 is 5.97 Å². The van der Waals surface area contributed by atoms with Crippen LogP contribution in [0.2, 0.25) is 0 Å². The average Bonchev–Trinajstić information content (AvgIpc) is 2.29. The summed E-state index contributed by atoms with van der Waals surface area (Å²) in [7, 11) is 3.32. The lowest BCUT2D eigenvalue weighted by atomic mass is 10.1. The van der Waals surface area contributed by atoms with E-state index in [2.05, 4.69) is 23.8 Å². The van der Waals surface area contributed by atoms with E-state index < -0.39 is 0 Å². The van der Waals surface area contributed by atoms with Crippen molar-refractivity contribution in [1.82, 2.24) is 4.90 Å². The Balaban J connectivity index is 2.61. The molecule has 0 radical (unpaired) electrons. The van der Waals surface area contributed by atoms with E-state index in [1.54, 1.807) is 0 Å². The molecular weight excluding hydrogens is 190 g/mol. The first-order chi connectivity index (χ1) is 7.15. The normalized spacial score (nSPS) is 12.5. The largest absolute Gasteiger partial charge is 0.468 e. The summed E-state index contributed by atoms with van der Waals surface area (Å²) in [5.74, 6) is -0.208. The van der Waals surface area contributed by atoms with Gasteiger partial charge in [-0.25, -0.2) is 0 Å². The maximum Gasteiger partial charge on any atom is 0.319 e. The molecule has 3 heteroatoms. The zero-order chi connectivity index (χ0) is 11.3. The molecule has 0 amide bonds. The van der Waals surface area contributed by atoms with Crippen molar-refractivity contribution in [2.24, 2.45) is 0 Å². The zero-order valence-electron chi connectivity index (χ0n) is 9.43. The molecule has 1 atom stereocenters. The molecule has 0 spiro atoms. The lowest BCUT2D eigenvalue weighted by Gasteiger charge is -2.23. The molecule has 0 aliphatic heterocycles. The Morgan fingerprint density at radius 3 is 2.53 bits per heavy atom. The minimum absolute atomic E-state index is 0.208. The monoisotopic (exact) mass is 207 g/mol. The van der Waals surface area contributed by atoms with Gasteiger partial charge in [0.25, 0.3) is 0 Å². The van der Waals surface area contributed by atoms with E-state index in [-0.39, 0.29) is 12.0 Å². The molecule has 0 N–H and O–H groups in total. The minimum atomic E-state index is -0.208. The second-order valence-electron chi connectivity index (χ2n) is 3.58. The Bertz CT molecular complexity index is 311. The number of hydrogen-bond donors (Lipinski definition) is 0. The summed E-state index contributed by atoms with van der Waals surface area (Å²) in [5, 5.41) is 0. The summed E-state index contributed by atoms with van der Waals surface area (Å²) in [6, 6.07) is 10.3. The summed E-state index contributed by atoms with van der Waals surface area (Å²) < 4.78 is 4.63. The van der Waals surface area contributed by atoms with E-state index in [0.717, 1.165) is 0 Å². The maximum absolute atomic E-state index is 11.1. The van der Waals surface area contributed by atoms with E-state index in [4.69, 9.17) is 0 Å². The van der Waals surface area contributed by atoms with Crippen LogP contribution >= 0.6 is 0 Å². The van der Waals surface area contributed by atoms with Crippen LogP contribution in [0.15, 0.2) is 30.3 Å². The summed E-state index contributed by atoms with van der Waals surface area (Å²) in [6.45, 7) is 2.38. The topological polar surface area (TPSA) is 29.5 Å². The van der Waals surface area contributed by atoms with Crippen LogP contribution in [0.3, 0.4) is 0 Å². The molecule has 0 fully saturated rings. The molecule has 0 aliphatic rings. The highest BCUT2D eigenvalue weighted by atomic mass is 16.5. The van der Waals surface area contributed by atoms with Gasteiger partial charge in [-0.05, 0) is 19.5 Å². The second-order valence-corrected chi connectivity index (χ2v) is 3.58. The molecule has 0 heterocycles. The molecule has 0 saturated heterocycles. The van der Waals surface area contributed by atoms with Crippen molar-refractivity contribution < 1.29 is 9.53 Å². The summed E-state index contributed by atoms with van der Waals surface area (Å²) in [5.41, 5.74) is 1.20. The molecule has 1 aromatic carbocycles. The Hall–Kier alpha value is -1.35. The molecule has 82 valence electrons. The van der Waals surface area contributed by atoms with Gasteiger partial charge in [-0.3, -0.25) is 9.69 Å². The number of hydrogen-bond acceptors (Lipinski definition) is 3. The Morgan fingerprint density at radius 1 is 1.40 bits per heavy atom. The smallest absolute Gasteiger partial charge is 0.319 e. The molecule has 0 aromatic heterocycles. The molecule has 3 nitrogen and oxygen atoms in total. The number of benzene rings is 1. The molecule has 15 heavy (non-hydrogen) atoms. The Morgan fingerprint density at radius 2 is 2.00 bits per heavy atom. The van der Waals surface area contributed by atoms with Crippen molar-refractivity contribution in [2.75, 3.05) is 20.7 Å². The lowest BCUT2D eigenvalue weighted by Crippen LogP contribution is -2.29. The highest BCUT2D eigenvalue weighted by Gasteiger charge is 2.14. The molecular formula is C12H17NO2. The van der Waals surface area contributed by atoms with E-state index >= 15 is 0 Å². The predicted octanol–water partition coefficient (Wildman–Crippen LogP) is 1.85. The second kappa shape index (κ2) is 5.51. The van der Waals surface area contributed by atoms with Crippen molar-refractivity contribution >= 4 is 5.97 Å². The van der Waals surface area contributed by atoms with Crippen LogP contribution in [0.1, 0.15) is 18.5 Å². The molecule has 1 unspecified atom stereocenters. The lowest BCUT2D eigenvalue weighted by molar-refractivity contribution is -0.142. The summed E-state index contributed by atoms with van der Waals surface area (Å²) in [6.07, 6.45) is 0. The highest BCUT2D eigenvalue weighted by molar-refractivity contribution is 5.71. The fraction of sp³-hybridized carbons (Fsp3) is 0.417. The first-order valence-corrected chi connectivity index (χ1v) is 4.97. The number of carbonyl (C=O) groups is 1. The fourth-order valence-corrected chi connectivity index (χ4v) is 1.39. The van der Waals surface area contributed by atoms with Crippen molar-refractivity contribution in [3.05, 3.63) is 35.9 Å². The first-order valence-electron chi connectivity index (χ1n) is 4.97. The van der Waals surface area contributed by atoms with Gasteiger partial charge in [-0.15, -0.1) is 0 Å². The number of esters is 1. The first kappa shape index (κ1) is 11.7. The summed E-state index contributed by atoms with van der Waals surface area (Å²) in [4.78, 5) is 13.1. The van der Waals surface area contributed by atoms with Crippen LogP contribution in [-0.2, 0) is 9.53 Å². The maximum atomic E-state index is 11.1. The molecule has 0 aliphatic carbocycles. The number of rotatable bonds is 4. The van der Waals surface area contributed by atoms with Crippen LogP contribution in [-0.4, -0.2) is 31.6 Å². The fourth-order valence-electron chi connectivity index (χ4n) is 1.39. The third-order valence-corrected chi connectivity index (χ3v) is 2.55. The van der Waals surface area contributed by atoms with Gasteiger partial charge in [0, 0.05) is 6.04 Å². The van der Waals surface area contributed by atoms with Gasteiger partial charge in [0.05, 0.1) is 13.7 Å². The molecule has 1 aromatic rings. The third-order valence-electron chi connectivity index (χ3n) is 2.55. The van der Waals surface area contributed by atoms with Crippen LogP contribution in [0.5, 0.6) is 0 Å². The number of nitrogens with zero attached hydrogens (tertiary/aromatic N) is 1. The zero-order valence-corrected chi connectivity index (χ0v) is 9.43. The number of methoxy groups -OCH3 is 1. The van der Waals surface area contributed by atoms with Gasteiger partial charge in [-0.2, -0.15) is 0 Å². The van der Waals surface area contributed by atoms with Gasteiger partial charge in [0.15, 0.2) is 0 Å². The third kappa shape index (κ3) is 3.36. The van der Waals surface area contributed by atoms with Crippen molar-refractivity contribution in [1.29, 1.82) is 0 Å². The van der Waals surface area contributed by atoms with Gasteiger partial charge in [0.1, 0.15) is 0 Å². The van der Waals surface area contributed by atoms with Crippen molar-refractivity contribution in [2.45, 2.75) is 13.0 Å². The predicted molar refractivity (Wildman–Crippen MR) is 59.5 cm³/mol. The van der Waals surface area contributed by atoms with Gasteiger partial charge < -0.3 is 4.74 Å². The average molecular weight is 207 g/mol. The Labute approximate surface area is 90.7 Å². The van der Waals surface area contributed by atoms with E-state index in [1.165, 1.54) is 12.7 Å². The highest BCUT2D eigenvalue weighted by Crippen LogP contribution is 2.17. The number of likely N-dealkylation sites (N-methyl/N-ethyl adjacent to an activating group) is 1. The van der Waals surface area contributed by atoms with E-state index in [1.807, 2.05) is 30.1 Å². The number of ether oxygens (including phenoxy) is 1. The van der Waals surface area contributed by atoms with Crippen LogP contribution < -0.4 is 0 Å². The molecule has 0 bridgehead atoms. The Kier molecular flexibility index (Phi) is 4.31.